The van der Waals surface area contributed by atoms with Crippen LogP contribution < -0.4 is 10.2 Å². The molecule has 3 nitrogen and oxygen atoms in total. The number of nitrogens with one attached hydrogen (secondary N) is 1. The summed E-state index contributed by atoms with van der Waals surface area (Å²) in [5.41, 5.74) is 5.03. The molecule has 0 amide bonds. The van der Waals surface area contributed by atoms with Crippen LogP contribution in [0.15, 0.2) is 46.9 Å². The number of rotatable bonds is 2. The second-order valence-corrected chi connectivity index (χ2v) is 7.50. The van der Waals surface area contributed by atoms with Crippen molar-refractivity contribution in [2.75, 3.05) is 36.4 Å². The van der Waals surface area contributed by atoms with Crippen molar-refractivity contribution in [3.63, 3.8) is 0 Å². The van der Waals surface area contributed by atoms with E-state index in [-0.39, 0.29) is 0 Å². The average molecular weight is 404 g/mol. The van der Waals surface area contributed by atoms with E-state index in [2.05, 4.69) is 63.1 Å². The third-order valence-electron chi connectivity index (χ3n) is 4.36. The summed E-state index contributed by atoms with van der Waals surface area (Å²) in [4.78, 5) is 4.70. The van der Waals surface area contributed by atoms with Crippen LogP contribution in [0.4, 0.5) is 11.4 Å². The highest BCUT2D eigenvalue weighted by molar-refractivity contribution is 9.10. The van der Waals surface area contributed by atoms with E-state index in [1.807, 2.05) is 24.3 Å². The molecule has 1 saturated heterocycles. The molecule has 1 N–H and O–H groups in total. The summed E-state index contributed by atoms with van der Waals surface area (Å²) in [7, 11) is 0. The van der Waals surface area contributed by atoms with Crippen molar-refractivity contribution >= 4 is 44.6 Å². The summed E-state index contributed by atoms with van der Waals surface area (Å²) < 4.78 is 1.07. The second kappa shape index (κ2) is 7.53. The van der Waals surface area contributed by atoms with Gasteiger partial charge in [-0.1, -0.05) is 33.6 Å². The zero-order chi connectivity index (χ0) is 17.1. The number of piperazine rings is 1. The Morgan fingerprint density at radius 2 is 1.67 bits per heavy atom. The molecule has 0 aliphatic carbocycles. The van der Waals surface area contributed by atoms with Gasteiger partial charge in [-0.15, -0.1) is 0 Å². The lowest BCUT2D eigenvalue weighted by Gasteiger charge is -2.38. The lowest BCUT2D eigenvalue weighted by atomic mass is 10.1. The SMILES string of the molecule is Cc1ccc(N2CCN(C(=S)Nc3ccc(Br)cc3)CC2)c(C)c1. The highest BCUT2D eigenvalue weighted by atomic mass is 79.9. The maximum absolute atomic E-state index is 5.57. The second-order valence-electron chi connectivity index (χ2n) is 6.20. The van der Waals surface area contributed by atoms with Crippen LogP contribution in [-0.4, -0.2) is 36.2 Å². The number of aryl methyl sites for hydroxylation is 2. The van der Waals surface area contributed by atoms with E-state index in [1.165, 1.54) is 16.8 Å². The van der Waals surface area contributed by atoms with Gasteiger partial charge in [-0.3, -0.25) is 0 Å². The number of nitrogens with zero attached hydrogens (tertiary/aromatic N) is 2. The molecular weight excluding hydrogens is 382 g/mol. The largest absolute Gasteiger partial charge is 0.368 e. The van der Waals surface area contributed by atoms with Gasteiger partial charge in [0.2, 0.25) is 0 Å². The third-order valence-corrected chi connectivity index (χ3v) is 5.24. The highest BCUT2D eigenvalue weighted by Gasteiger charge is 2.20. The summed E-state index contributed by atoms with van der Waals surface area (Å²) in [6.07, 6.45) is 0. The van der Waals surface area contributed by atoms with Gasteiger partial charge >= 0.3 is 0 Å². The Bertz CT molecular complexity index is 722. The number of benzene rings is 2. The van der Waals surface area contributed by atoms with Gasteiger partial charge in [-0.05, 0) is 62.0 Å². The maximum Gasteiger partial charge on any atom is 0.173 e. The minimum absolute atomic E-state index is 0.803. The summed E-state index contributed by atoms with van der Waals surface area (Å²) in [5, 5.41) is 4.13. The molecule has 0 aromatic heterocycles. The summed E-state index contributed by atoms with van der Waals surface area (Å²) in [6.45, 7) is 8.19. The van der Waals surface area contributed by atoms with Gasteiger partial charge in [0.25, 0.3) is 0 Å². The van der Waals surface area contributed by atoms with Crippen LogP contribution in [-0.2, 0) is 0 Å². The minimum atomic E-state index is 0.803. The van der Waals surface area contributed by atoms with Crippen molar-refractivity contribution in [1.29, 1.82) is 0 Å². The van der Waals surface area contributed by atoms with Gasteiger partial charge in [0.15, 0.2) is 5.11 Å². The van der Waals surface area contributed by atoms with Crippen molar-refractivity contribution in [2.24, 2.45) is 0 Å². The molecule has 0 saturated carbocycles. The molecular formula is C19H22BrN3S. The molecule has 0 spiro atoms. The predicted molar refractivity (Wildman–Crippen MR) is 110 cm³/mol. The Kier molecular flexibility index (Phi) is 5.41. The lowest BCUT2D eigenvalue weighted by molar-refractivity contribution is 0.390. The van der Waals surface area contributed by atoms with Crippen LogP contribution in [0.3, 0.4) is 0 Å². The van der Waals surface area contributed by atoms with Crippen LogP contribution in [0.2, 0.25) is 0 Å². The Morgan fingerprint density at radius 1 is 1.00 bits per heavy atom. The first-order chi connectivity index (χ1) is 11.5. The highest BCUT2D eigenvalue weighted by Crippen LogP contribution is 2.23. The standard InChI is InChI=1S/C19H22BrN3S/c1-14-3-8-18(15(2)13-14)22-9-11-23(12-10-22)19(24)21-17-6-4-16(20)5-7-17/h3-8,13H,9-12H2,1-2H3,(H,21,24). The molecule has 1 aliphatic heterocycles. The van der Waals surface area contributed by atoms with Crippen molar-refractivity contribution < 1.29 is 0 Å². The Balaban J connectivity index is 1.58. The zero-order valence-electron chi connectivity index (χ0n) is 14.1. The molecule has 5 heteroatoms. The average Bonchev–Trinajstić information content (AvgIpc) is 2.57. The predicted octanol–water partition coefficient (Wildman–Crippen LogP) is 4.58. The molecule has 126 valence electrons. The van der Waals surface area contributed by atoms with Gasteiger partial charge in [-0.25, -0.2) is 0 Å². The molecule has 1 fully saturated rings. The van der Waals surface area contributed by atoms with E-state index in [4.69, 9.17) is 12.2 Å². The number of hydrogen-bond acceptors (Lipinski definition) is 2. The Hall–Kier alpha value is -1.59. The third kappa shape index (κ3) is 4.08. The van der Waals surface area contributed by atoms with E-state index in [1.54, 1.807) is 0 Å². The lowest BCUT2D eigenvalue weighted by Crippen LogP contribution is -2.50. The van der Waals surface area contributed by atoms with Crippen LogP contribution in [0.1, 0.15) is 11.1 Å². The maximum atomic E-state index is 5.57. The van der Waals surface area contributed by atoms with E-state index in [0.29, 0.717) is 0 Å². The Morgan fingerprint density at radius 3 is 2.29 bits per heavy atom. The van der Waals surface area contributed by atoms with Crippen molar-refractivity contribution in [1.82, 2.24) is 4.90 Å². The van der Waals surface area contributed by atoms with E-state index in [9.17, 15) is 0 Å². The summed E-state index contributed by atoms with van der Waals surface area (Å²) in [5.74, 6) is 0. The van der Waals surface area contributed by atoms with Gasteiger partial charge in [-0.2, -0.15) is 0 Å². The smallest absolute Gasteiger partial charge is 0.173 e. The molecule has 1 aliphatic rings. The van der Waals surface area contributed by atoms with Crippen molar-refractivity contribution in [3.05, 3.63) is 58.1 Å². The first kappa shape index (κ1) is 17.2. The van der Waals surface area contributed by atoms with Crippen LogP contribution in [0, 0.1) is 13.8 Å². The molecule has 0 unspecified atom stereocenters. The van der Waals surface area contributed by atoms with Crippen LogP contribution >= 0.6 is 28.1 Å². The van der Waals surface area contributed by atoms with Crippen molar-refractivity contribution in [2.45, 2.75) is 13.8 Å². The fourth-order valence-electron chi connectivity index (χ4n) is 3.05. The number of halogens is 1. The minimum Gasteiger partial charge on any atom is -0.368 e. The summed E-state index contributed by atoms with van der Waals surface area (Å²) in [6, 6.07) is 14.8. The molecule has 0 radical (unpaired) electrons. The first-order valence-corrected chi connectivity index (χ1v) is 9.37. The number of anilines is 2. The molecule has 3 rings (SSSR count). The fraction of sp³-hybridized carbons (Fsp3) is 0.316. The van der Waals surface area contributed by atoms with Gasteiger partial charge < -0.3 is 15.1 Å². The van der Waals surface area contributed by atoms with Crippen LogP contribution in [0.5, 0.6) is 0 Å². The van der Waals surface area contributed by atoms with E-state index >= 15 is 0 Å². The van der Waals surface area contributed by atoms with Gasteiger partial charge in [0.05, 0.1) is 0 Å². The Labute approximate surface area is 157 Å². The first-order valence-electron chi connectivity index (χ1n) is 8.16. The topological polar surface area (TPSA) is 18.5 Å². The molecule has 2 aromatic carbocycles. The van der Waals surface area contributed by atoms with E-state index < -0.39 is 0 Å². The molecule has 0 bridgehead atoms. The summed E-state index contributed by atoms with van der Waals surface area (Å²) >= 11 is 9.02. The monoisotopic (exact) mass is 403 g/mol. The fourth-order valence-corrected chi connectivity index (χ4v) is 3.61. The normalized spacial score (nSPS) is 14.6. The molecule has 24 heavy (non-hydrogen) atoms. The number of thiocarbonyl (C=S) groups is 1. The van der Waals surface area contributed by atoms with Gasteiger partial charge in [0, 0.05) is 42.0 Å². The van der Waals surface area contributed by atoms with Crippen LogP contribution in [0.25, 0.3) is 0 Å². The molecule has 1 heterocycles. The molecule has 0 atom stereocenters. The van der Waals surface area contributed by atoms with E-state index in [0.717, 1.165) is 41.5 Å². The molecule has 2 aromatic rings. The number of hydrogen-bond donors (Lipinski definition) is 1. The van der Waals surface area contributed by atoms with Gasteiger partial charge in [0.1, 0.15) is 0 Å². The van der Waals surface area contributed by atoms with Crippen molar-refractivity contribution in [3.8, 4) is 0 Å². The zero-order valence-corrected chi connectivity index (χ0v) is 16.5. The quantitative estimate of drug-likeness (QED) is 0.738.